The van der Waals surface area contributed by atoms with E-state index in [4.69, 9.17) is 16.2 Å². The number of carbonyl (C=O) groups excluding carboxylic acids is 1. The number of carbonyl (C=O) groups is 1. The minimum absolute atomic E-state index is 0.00951. The van der Waals surface area contributed by atoms with Gasteiger partial charge in [-0.15, -0.1) is 0 Å². The number of hydrogen-bond acceptors (Lipinski definition) is 5. The zero-order valence-corrected chi connectivity index (χ0v) is 14.9. The SMILES string of the molecule is COc1cc(CC(N)C(=O)NC2CCc3cc(CN)ccc32)ccc1O. The first-order valence-corrected chi connectivity index (χ1v) is 8.75. The van der Waals surface area contributed by atoms with Crippen molar-refractivity contribution in [3.63, 3.8) is 0 Å². The summed E-state index contributed by atoms with van der Waals surface area (Å²) in [6.07, 6.45) is 2.17. The van der Waals surface area contributed by atoms with Gasteiger partial charge in [-0.05, 0) is 53.6 Å². The highest BCUT2D eigenvalue weighted by atomic mass is 16.5. The molecular weight excluding hydrogens is 330 g/mol. The predicted octanol–water partition coefficient (Wildman–Crippen LogP) is 1.53. The van der Waals surface area contributed by atoms with Crippen LogP contribution in [0.4, 0.5) is 0 Å². The molecule has 1 aliphatic carbocycles. The molecule has 0 bridgehead atoms. The highest BCUT2D eigenvalue weighted by Gasteiger charge is 2.26. The number of hydrogen-bond donors (Lipinski definition) is 4. The summed E-state index contributed by atoms with van der Waals surface area (Å²) in [4.78, 5) is 12.5. The Balaban J connectivity index is 1.64. The minimum atomic E-state index is -0.670. The summed E-state index contributed by atoms with van der Waals surface area (Å²) in [7, 11) is 1.49. The summed E-state index contributed by atoms with van der Waals surface area (Å²) in [6, 6.07) is 10.5. The van der Waals surface area contributed by atoms with Gasteiger partial charge in [0.05, 0.1) is 19.2 Å². The van der Waals surface area contributed by atoms with Crippen LogP contribution in [0.5, 0.6) is 11.5 Å². The molecule has 6 heteroatoms. The van der Waals surface area contributed by atoms with Crippen LogP contribution in [0.25, 0.3) is 0 Å². The lowest BCUT2D eigenvalue weighted by Gasteiger charge is -2.18. The second kappa shape index (κ2) is 7.76. The molecule has 1 amide bonds. The first-order chi connectivity index (χ1) is 12.5. The van der Waals surface area contributed by atoms with Crippen molar-refractivity contribution >= 4 is 5.91 Å². The van der Waals surface area contributed by atoms with E-state index in [9.17, 15) is 9.90 Å². The van der Waals surface area contributed by atoms with Gasteiger partial charge >= 0.3 is 0 Å². The van der Waals surface area contributed by atoms with E-state index in [1.807, 2.05) is 12.1 Å². The molecule has 26 heavy (non-hydrogen) atoms. The van der Waals surface area contributed by atoms with E-state index < -0.39 is 6.04 Å². The molecule has 0 spiro atoms. The molecule has 138 valence electrons. The third kappa shape index (κ3) is 3.81. The lowest BCUT2D eigenvalue weighted by Crippen LogP contribution is -2.43. The summed E-state index contributed by atoms with van der Waals surface area (Å²) in [5.74, 6) is 0.252. The number of amides is 1. The summed E-state index contributed by atoms with van der Waals surface area (Å²) in [5, 5.41) is 12.7. The van der Waals surface area contributed by atoms with Gasteiger partial charge in [-0.3, -0.25) is 4.79 Å². The first-order valence-electron chi connectivity index (χ1n) is 8.75. The van der Waals surface area contributed by atoms with E-state index in [0.29, 0.717) is 18.7 Å². The second-order valence-corrected chi connectivity index (χ2v) is 6.65. The van der Waals surface area contributed by atoms with Gasteiger partial charge in [-0.2, -0.15) is 0 Å². The Hall–Kier alpha value is -2.57. The van der Waals surface area contributed by atoms with Crippen molar-refractivity contribution in [2.24, 2.45) is 11.5 Å². The number of phenols is 1. The number of nitrogens with one attached hydrogen (secondary N) is 1. The number of fused-ring (bicyclic) bond motifs is 1. The number of aryl methyl sites for hydroxylation is 1. The van der Waals surface area contributed by atoms with Crippen molar-refractivity contribution in [1.82, 2.24) is 5.32 Å². The van der Waals surface area contributed by atoms with Gasteiger partial charge in [0, 0.05) is 6.54 Å². The molecule has 0 fully saturated rings. The molecule has 0 saturated heterocycles. The maximum Gasteiger partial charge on any atom is 0.237 e. The first kappa shape index (κ1) is 18.2. The van der Waals surface area contributed by atoms with Crippen molar-refractivity contribution < 1.29 is 14.6 Å². The molecule has 2 aromatic carbocycles. The molecular formula is C20H25N3O3. The predicted molar refractivity (Wildman–Crippen MR) is 99.9 cm³/mol. The fraction of sp³-hybridized carbons (Fsp3) is 0.350. The Bertz CT molecular complexity index is 807. The molecule has 0 aromatic heterocycles. The Morgan fingerprint density at radius 3 is 2.81 bits per heavy atom. The molecule has 2 aromatic rings. The molecule has 0 heterocycles. The Morgan fingerprint density at radius 2 is 2.08 bits per heavy atom. The highest BCUT2D eigenvalue weighted by Crippen LogP contribution is 2.32. The summed E-state index contributed by atoms with van der Waals surface area (Å²) < 4.78 is 5.09. The van der Waals surface area contributed by atoms with Crippen LogP contribution in [0.3, 0.4) is 0 Å². The molecule has 6 nitrogen and oxygen atoms in total. The normalized spacial score (nSPS) is 16.8. The van der Waals surface area contributed by atoms with Crippen molar-refractivity contribution in [2.45, 2.75) is 37.9 Å². The van der Waals surface area contributed by atoms with E-state index in [0.717, 1.165) is 29.5 Å². The monoisotopic (exact) mass is 355 g/mol. The third-order valence-electron chi connectivity index (χ3n) is 4.87. The van der Waals surface area contributed by atoms with Crippen LogP contribution in [0, 0.1) is 0 Å². The largest absolute Gasteiger partial charge is 0.504 e. The van der Waals surface area contributed by atoms with E-state index in [1.54, 1.807) is 18.2 Å². The third-order valence-corrected chi connectivity index (χ3v) is 4.87. The average Bonchev–Trinajstić information content (AvgIpc) is 3.05. The molecule has 0 saturated carbocycles. The molecule has 2 atom stereocenters. The Kier molecular flexibility index (Phi) is 5.44. The van der Waals surface area contributed by atoms with Gasteiger partial charge in [0.2, 0.25) is 5.91 Å². The number of aromatic hydroxyl groups is 1. The quantitative estimate of drug-likeness (QED) is 0.628. The number of ether oxygens (including phenoxy) is 1. The maximum absolute atomic E-state index is 12.5. The lowest BCUT2D eigenvalue weighted by molar-refractivity contribution is -0.123. The van der Waals surface area contributed by atoms with Crippen molar-refractivity contribution in [2.75, 3.05) is 7.11 Å². The van der Waals surface area contributed by atoms with Gasteiger partial charge in [0.25, 0.3) is 0 Å². The van der Waals surface area contributed by atoms with Crippen molar-refractivity contribution in [3.8, 4) is 11.5 Å². The summed E-state index contributed by atoms with van der Waals surface area (Å²) in [5.41, 5.74) is 16.1. The van der Waals surface area contributed by atoms with Crippen molar-refractivity contribution in [1.29, 1.82) is 0 Å². The van der Waals surface area contributed by atoms with E-state index in [1.165, 1.54) is 12.7 Å². The highest BCUT2D eigenvalue weighted by molar-refractivity contribution is 5.82. The average molecular weight is 355 g/mol. The zero-order chi connectivity index (χ0) is 18.7. The van der Waals surface area contributed by atoms with Gasteiger partial charge < -0.3 is 26.6 Å². The maximum atomic E-state index is 12.5. The van der Waals surface area contributed by atoms with Crippen LogP contribution in [0.2, 0.25) is 0 Å². The number of benzene rings is 2. The van der Waals surface area contributed by atoms with Crippen LogP contribution in [-0.2, 0) is 24.2 Å². The molecule has 2 unspecified atom stereocenters. The van der Waals surface area contributed by atoms with Crippen LogP contribution < -0.4 is 21.5 Å². The number of methoxy groups -OCH3 is 1. The number of rotatable bonds is 6. The van der Waals surface area contributed by atoms with E-state index in [-0.39, 0.29) is 17.7 Å². The van der Waals surface area contributed by atoms with Crippen LogP contribution in [0.1, 0.15) is 34.7 Å². The number of nitrogens with two attached hydrogens (primary N) is 2. The molecule has 1 aliphatic rings. The topological polar surface area (TPSA) is 111 Å². The molecule has 0 radical (unpaired) electrons. The zero-order valence-electron chi connectivity index (χ0n) is 14.9. The Labute approximate surface area is 153 Å². The van der Waals surface area contributed by atoms with E-state index >= 15 is 0 Å². The van der Waals surface area contributed by atoms with Gasteiger partial charge in [0.15, 0.2) is 11.5 Å². The smallest absolute Gasteiger partial charge is 0.237 e. The minimum Gasteiger partial charge on any atom is -0.504 e. The Morgan fingerprint density at radius 1 is 1.31 bits per heavy atom. The lowest BCUT2D eigenvalue weighted by atomic mass is 10.0. The van der Waals surface area contributed by atoms with Crippen LogP contribution >= 0.6 is 0 Å². The standard InChI is InChI=1S/C20H25N3O3/c1-26-19-10-12(3-7-18(19)24)9-16(22)20(25)23-17-6-4-14-8-13(11-21)2-5-15(14)17/h2-3,5,7-8,10,16-17,24H,4,6,9,11,21-22H2,1H3,(H,23,25). The fourth-order valence-corrected chi connectivity index (χ4v) is 3.42. The summed E-state index contributed by atoms with van der Waals surface area (Å²) >= 11 is 0. The van der Waals surface area contributed by atoms with Crippen LogP contribution in [0.15, 0.2) is 36.4 Å². The van der Waals surface area contributed by atoms with Crippen molar-refractivity contribution in [3.05, 3.63) is 58.7 Å². The molecule has 0 aliphatic heterocycles. The summed E-state index contributed by atoms with van der Waals surface area (Å²) in [6.45, 7) is 0.519. The fourth-order valence-electron chi connectivity index (χ4n) is 3.42. The second-order valence-electron chi connectivity index (χ2n) is 6.65. The van der Waals surface area contributed by atoms with E-state index in [2.05, 4.69) is 11.4 Å². The molecule has 3 rings (SSSR count). The molecule has 6 N–H and O–H groups in total. The van der Waals surface area contributed by atoms with Crippen LogP contribution in [-0.4, -0.2) is 24.2 Å². The number of phenolic OH excluding ortho intramolecular Hbond substituents is 1. The van der Waals surface area contributed by atoms with Gasteiger partial charge in [-0.25, -0.2) is 0 Å². The van der Waals surface area contributed by atoms with Gasteiger partial charge in [-0.1, -0.05) is 24.3 Å². The van der Waals surface area contributed by atoms with Gasteiger partial charge in [0.1, 0.15) is 0 Å².